The fourth-order valence-corrected chi connectivity index (χ4v) is 2.96. The predicted octanol–water partition coefficient (Wildman–Crippen LogP) is 2.41. The maximum atomic E-state index is 12.3. The van der Waals surface area contributed by atoms with E-state index in [0.29, 0.717) is 19.3 Å². The Labute approximate surface area is 120 Å². The van der Waals surface area contributed by atoms with E-state index < -0.39 is 11.6 Å². The lowest BCUT2D eigenvalue weighted by Gasteiger charge is -2.33. The van der Waals surface area contributed by atoms with Crippen molar-refractivity contribution in [2.75, 3.05) is 7.11 Å². The van der Waals surface area contributed by atoms with Crippen molar-refractivity contribution in [3.8, 4) is 0 Å². The van der Waals surface area contributed by atoms with Crippen LogP contribution in [0.3, 0.4) is 0 Å². The molecular formula is C15H24O5. The molecule has 1 saturated carbocycles. The zero-order valence-electron chi connectivity index (χ0n) is 12.6. The number of methoxy groups -OCH3 is 1. The third kappa shape index (κ3) is 3.81. The average molecular weight is 284 g/mol. The van der Waals surface area contributed by atoms with Gasteiger partial charge in [0, 0.05) is 19.3 Å². The standard InChI is InChI=1S/C15H24O5/c1-4-5-6-9-15(20-11(2)16)12(7-8-13(15)17)10-14(18)19-3/h12H,4-10H2,1-3H3. The second-order valence-corrected chi connectivity index (χ2v) is 5.38. The lowest BCUT2D eigenvalue weighted by Crippen LogP contribution is -2.45. The van der Waals surface area contributed by atoms with Crippen molar-refractivity contribution < 1.29 is 23.9 Å². The molecule has 1 fully saturated rings. The Balaban J connectivity index is 2.91. The molecule has 0 amide bonds. The number of hydrogen-bond acceptors (Lipinski definition) is 5. The number of carbonyl (C=O) groups is 3. The molecule has 114 valence electrons. The molecule has 2 unspecified atom stereocenters. The average Bonchev–Trinajstić information content (AvgIpc) is 2.67. The smallest absolute Gasteiger partial charge is 0.305 e. The van der Waals surface area contributed by atoms with Crippen LogP contribution < -0.4 is 0 Å². The fourth-order valence-electron chi connectivity index (χ4n) is 2.96. The maximum Gasteiger partial charge on any atom is 0.305 e. The second kappa shape index (κ2) is 7.41. The monoisotopic (exact) mass is 284 g/mol. The van der Waals surface area contributed by atoms with Crippen LogP contribution in [0.1, 0.15) is 58.8 Å². The molecule has 0 aromatic heterocycles. The van der Waals surface area contributed by atoms with Gasteiger partial charge in [0.1, 0.15) is 0 Å². The van der Waals surface area contributed by atoms with Crippen LogP contribution in [0.15, 0.2) is 0 Å². The summed E-state index contributed by atoms with van der Waals surface area (Å²) in [6.07, 6.45) is 4.37. The van der Waals surface area contributed by atoms with Gasteiger partial charge in [-0.3, -0.25) is 14.4 Å². The van der Waals surface area contributed by atoms with Gasteiger partial charge in [-0.15, -0.1) is 0 Å². The van der Waals surface area contributed by atoms with Crippen LogP contribution in [0.25, 0.3) is 0 Å². The number of ether oxygens (including phenoxy) is 2. The van der Waals surface area contributed by atoms with Gasteiger partial charge in [0.15, 0.2) is 11.4 Å². The van der Waals surface area contributed by atoms with Crippen molar-refractivity contribution in [2.45, 2.75) is 64.4 Å². The molecule has 0 radical (unpaired) electrons. The number of esters is 2. The molecule has 0 aliphatic heterocycles. The van der Waals surface area contributed by atoms with E-state index in [2.05, 4.69) is 11.7 Å². The first kappa shape index (κ1) is 16.7. The molecule has 0 aromatic carbocycles. The van der Waals surface area contributed by atoms with Crippen LogP contribution >= 0.6 is 0 Å². The normalized spacial score (nSPS) is 25.6. The Morgan fingerprint density at radius 2 is 2.05 bits per heavy atom. The van der Waals surface area contributed by atoms with Crippen LogP contribution in [0.2, 0.25) is 0 Å². The Morgan fingerprint density at radius 3 is 2.60 bits per heavy atom. The van der Waals surface area contributed by atoms with Gasteiger partial charge in [0.25, 0.3) is 0 Å². The van der Waals surface area contributed by atoms with E-state index in [1.165, 1.54) is 14.0 Å². The van der Waals surface area contributed by atoms with E-state index in [9.17, 15) is 14.4 Å². The predicted molar refractivity (Wildman–Crippen MR) is 73.0 cm³/mol. The first-order valence-corrected chi connectivity index (χ1v) is 7.26. The molecule has 5 nitrogen and oxygen atoms in total. The minimum absolute atomic E-state index is 0.0577. The Morgan fingerprint density at radius 1 is 1.35 bits per heavy atom. The van der Waals surface area contributed by atoms with Crippen molar-refractivity contribution in [1.29, 1.82) is 0 Å². The summed E-state index contributed by atoms with van der Waals surface area (Å²) < 4.78 is 10.1. The summed E-state index contributed by atoms with van der Waals surface area (Å²) >= 11 is 0. The topological polar surface area (TPSA) is 69.7 Å². The number of hydrogen-bond donors (Lipinski definition) is 0. The quantitative estimate of drug-likeness (QED) is 0.530. The molecule has 0 heterocycles. The number of rotatable bonds is 7. The van der Waals surface area contributed by atoms with Gasteiger partial charge < -0.3 is 9.47 Å². The molecule has 20 heavy (non-hydrogen) atoms. The third-order valence-electron chi connectivity index (χ3n) is 3.97. The largest absolute Gasteiger partial charge is 0.469 e. The molecule has 0 aromatic rings. The maximum absolute atomic E-state index is 12.3. The molecule has 1 aliphatic rings. The zero-order valence-corrected chi connectivity index (χ0v) is 12.6. The lowest BCUT2D eigenvalue weighted by atomic mass is 9.82. The Bertz CT molecular complexity index is 376. The summed E-state index contributed by atoms with van der Waals surface area (Å²) in [6.45, 7) is 3.38. The van der Waals surface area contributed by atoms with E-state index in [-0.39, 0.29) is 24.1 Å². The van der Waals surface area contributed by atoms with Gasteiger partial charge in [-0.05, 0) is 19.3 Å². The van der Waals surface area contributed by atoms with Crippen LogP contribution in [0.4, 0.5) is 0 Å². The van der Waals surface area contributed by atoms with E-state index in [1.807, 2.05) is 0 Å². The molecule has 2 atom stereocenters. The zero-order chi connectivity index (χ0) is 15.2. The molecule has 1 aliphatic carbocycles. The summed E-state index contributed by atoms with van der Waals surface area (Å²) in [5, 5.41) is 0. The van der Waals surface area contributed by atoms with Crippen LogP contribution in [-0.4, -0.2) is 30.4 Å². The second-order valence-electron chi connectivity index (χ2n) is 5.38. The molecule has 0 N–H and O–H groups in total. The minimum atomic E-state index is -1.12. The van der Waals surface area contributed by atoms with Gasteiger partial charge in [0.2, 0.25) is 0 Å². The highest BCUT2D eigenvalue weighted by Gasteiger charge is 2.52. The van der Waals surface area contributed by atoms with E-state index in [4.69, 9.17) is 4.74 Å². The molecular weight excluding hydrogens is 260 g/mol. The number of Topliss-reactive ketones (excluding diaryl/α,β-unsaturated/α-hetero) is 1. The number of unbranched alkanes of at least 4 members (excludes halogenated alkanes) is 2. The van der Waals surface area contributed by atoms with Crippen LogP contribution in [0, 0.1) is 5.92 Å². The van der Waals surface area contributed by atoms with Crippen molar-refractivity contribution >= 4 is 17.7 Å². The molecule has 0 bridgehead atoms. The Hall–Kier alpha value is -1.39. The van der Waals surface area contributed by atoms with Crippen molar-refractivity contribution in [3.63, 3.8) is 0 Å². The van der Waals surface area contributed by atoms with Gasteiger partial charge in [0.05, 0.1) is 13.5 Å². The number of ketones is 1. The summed E-state index contributed by atoms with van der Waals surface area (Å²) in [5.41, 5.74) is -1.12. The first-order valence-electron chi connectivity index (χ1n) is 7.26. The van der Waals surface area contributed by atoms with Crippen molar-refractivity contribution in [2.24, 2.45) is 5.92 Å². The first-order chi connectivity index (χ1) is 9.46. The molecule has 5 heteroatoms. The summed E-state index contributed by atoms with van der Waals surface area (Å²) in [5.74, 6) is -1.15. The van der Waals surface area contributed by atoms with E-state index >= 15 is 0 Å². The summed E-state index contributed by atoms with van der Waals surface area (Å²) in [7, 11) is 1.32. The van der Waals surface area contributed by atoms with Crippen LogP contribution in [-0.2, 0) is 23.9 Å². The van der Waals surface area contributed by atoms with Crippen molar-refractivity contribution in [1.82, 2.24) is 0 Å². The van der Waals surface area contributed by atoms with Gasteiger partial charge in [-0.2, -0.15) is 0 Å². The van der Waals surface area contributed by atoms with Gasteiger partial charge in [-0.25, -0.2) is 0 Å². The summed E-state index contributed by atoms with van der Waals surface area (Å²) in [4.78, 5) is 35.2. The van der Waals surface area contributed by atoms with Gasteiger partial charge >= 0.3 is 11.9 Å². The highest BCUT2D eigenvalue weighted by atomic mass is 16.6. The van der Waals surface area contributed by atoms with Crippen LogP contribution in [0.5, 0.6) is 0 Å². The minimum Gasteiger partial charge on any atom is -0.469 e. The summed E-state index contributed by atoms with van der Waals surface area (Å²) in [6, 6.07) is 0. The molecule has 1 rings (SSSR count). The van der Waals surface area contributed by atoms with E-state index in [0.717, 1.165) is 19.3 Å². The van der Waals surface area contributed by atoms with E-state index in [1.54, 1.807) is 0 Å². The molecule has 0 spiro atoms. The third-order valence-corrected chi connectivity index (χ3v) is 3.97. The highest BCUT2D eigenvalue weighted by molar-refractivity contribution is 5.92. The molecule has 0 saturated heterocycles. The number of carbonyl (C=O) groups excluding carboxylic acids is 3. The fraction of sp³-hybridized carbons (Fsp3) is 0.800. The lowest BCUT2D eigenvalue weighted by molar-refractivity contribution is -0.171. The SMILES string of the molecule is CCCCCC1(OC(C)=O)C(=O)CCC1CC(=O)OC. The highest BCUT2D eigenvalue weighted by Crippen LogP contribution is 2.42. The van der Waals surface area contributed by atoms with Crippen molar-refractivity contribution in [3.05, 3.63) is 0 Å². The Kier molecular flexibility index (Phi) is 6.17. The van der Waals surface area contributed by atoms with Gasteiger partial charge in [-0.1, -0.05) is 19.8 Å².